The van der Waals surface area contributed by atoms with Gasteiger partial charge in [0.25, 0.3) is 5.56 Å². The molecule has 2 N–H and O–H groups in total. The molecule has 1 aromatic carbocycles. The number of H-pyrrole nitrogens is 1. The number of aromatic amines is 1. The third-order valence-electron chi connectivity index (χ3n) is 4.94. The molecule has 160 valence electrons. The van der Waals surface area contributed by atoms with Crippen molar-refractivity contribution >= 4 is 28.5 Å². The fourth-order valence-corrected chi connectivity index (χ4v) is 3.44. The monoisotopic (exact) mass is 446 g/mol. The van der Waals surface area contributed by atoms with Crippen molar-refractivity contribution in [2.24, 2.45) is 0 Å². The summed E-state index contributed by atoms with van der Waals surface area (Å²) < 4.78 is 5.79. The minimum Gasteiger partial charge on any atom is -0.486 e. The third kappa shape index (κ3) is 4.53. The Hall–Kier alpha value is -3.96. The lowest BCUT2D eigenvalue weighted by atomic mass is 10.1. The molecule has 0 bridgehead atoms. The minimum atomic E-state index is -0.380. The highest BCUT2D eigenvalue weighted by atomic mass is 35.5. The van der Waals surface area contributed by atoms with E-state index in [2.05, 4.69) is 25.3 Å². The van der Waals surface area contributed by atoms with Crippen LogP contribution in [0.25, 0.3) is 10.9 Å². The maximum absolute atomic E-state index is 12.7. The van der Waals surface area contributed by atoms with Crippen LogP contribution >= 0.6 is 11.6 Å². The quantitative estimate of drug-likeness (QED) is 0.453. The molecule has 0 fully saturated rings. The Morgan fingerprint density at radius 3 is 2.84 bits per heavy atom. The summed E-state index contributed by atoms with van der Waals surface area (Å²) in [5, 5.41) is 13.3. The van der Waals surface area contributed by atoms with Crippen LogP contribution in [0.5, 0.6) is 5.75 Å². The van der Waals surface area contributed by atoms with E-state index in [1.165, 1.54) is 6.20 Å². The average molecular weight is 447 g/mol. The van der Waals surface area contributed by atoms with Gasteiger partial charge in [-0.1, -0.05) is 17.7 Å². The number of nitrogens with zero attached hydrogens (tertiary/aromatic N) is 4. The lowest BCUT2D eigenvalue weighted by molar-refractivity contribution is 0.302. The van der Waals surface area contributed by atoms with Gasteiger partial charge in [-0.25, -0.2) is 9.97 Å². The molecule has 0 aliphatic rings. The van der Waals surface area contributed by atoms with Gasteiger partial charge >= 0.3 is 0 Å². The lowest BCUT2D eigenvalue weighted by Crippen LogP contribution is -2.20. The average Bonchev–Trinajstić information content (AvgIpc) is 2.78. The first-order chi connectivity index (χ1) is 15.4. The van der Waals surface area contributed by atoms with Crippen LogP contribution in [0.3, 0.4) is 0 Å². The Labute approximate surface area is 188 Å². The van der Waals surface area contributed by atoms with Crippen LogP contribution in [0.15, 0.2) is 53.6 Å². The zero-order valence-corrected chi connectivity index (χ0v) is 18.1. The highest BCUT2D eigenvalue weighted by Crippen LogP contribution is 2.30. The predicted molar refractivity (Wildman–Crippen MR) is 122 cm³/mol. The molecule has 8 nitrogen and oxygen atoms in total. The van der Waals surface area contributed by atoms with Gasteiger partial charge in [-0.05, 0) is 38.1 Å². The summed E-state index contributed by atoms with van der Waals surface area (Å²) in [4.78, 5) is 28.3. The summed E-state index contributed by atoms with van der Waals surface area (Å²) in [7, 11) is 0. The van der Waals surface area contributed by atoms with E-state index in [0.717, 1.165) is 11.1 Å². The molecule has 9 heteroatoms. The number of benzene rings is 1. The van der Waals surface area contributed by atoms with Crippen LogP contribution in [0.2, 0.25) is 5.02 Å². The maximum Gasteiger partial charge on any atom is 0.253 e. The molecular formula is C23H19ClN6O2. The summed E-state index contributed by atoms with van der Waals surface area (Å²) in [5.74, 6) is 0.797. The van der Waals surface area contributed by atoms with Gasteiger partial charge in [-0.2, -0.15) is 5.26 Å². The molecule has 0 saturated carbocycles. The number of aryl methyl sites for hydroxylation is 1. The van der Waals surface area contributed by atoms with E-state index in [9.17, 15) is 4.79 Å². The fourth-order valence-electron chi connectivity index (χ4n) is 3.21. The third-order valence-corrected chi connectivity index (χ3v) is 5.23. The number of halogens is 1. The van der Waals surface area contributed by atoms with Crippen molar-refractivity contribution in [2.45, 2.75) is 26.5 Å². The molecule has 4 rings (SSSR count). The van der Waals surface area contributed by atoms with Gasteiger partial charge in [0.15, 0.2) is 0 Å². The van der Waals surface area contributed by atoms with Crippen molar-refractivity contribution in [1.82, 2.24) is 19.9 Å². The van der Waals surface area contributed by atoms with E-state index in [1.807, 2.05) is 31.2 Å². The van der Waals surface area contributed by atoms with Crippen molar-refractivity contribution in [3.63, 3.8) is 0 Å². The van der Waals surface area contributed by atoms with Crippen LogP contribution in [-0.2, 0) is 6.61 Å². The predicted octanol–water partition coefficient (Wildman–Crippen LogP) is 4.30. The van der Waals surface area contributed by atoms with Crippen LogP contribution < -0.4 is 15.6 Å². The lowest BCUT2D eigenvalue weighted by Gasteiger charge is -2.15. The van der Waals surface area contributed by atoms with E-state index >= 15 is 0 Å². The van der Waals surface area contributed by atoms with Gasteiger partial charge in [-0.3, -0.25) is 9.78 Å². The number of nitriles is 1. The standard InChI is InChI=1S/C23H19ClN6O2/c1-13-16(10-25)11-27-23(28-13)29-14(2)18-7-15-8-19(24)21(9-20(15)30-22(18)31)32-12-17-5-3-4-6-26-17/h3-9,11,14H,12H2,1-2H3,(H,30,31)(H,27,28,29)/t14-/m0/s1. The van der Waals surface area contributed by atoms with E-state index in [0.29, 0.717) is 39.1 Å². The van der Waals surface area contributed by atoms with Gasteiger partial charge in [0.1, 0.15) is 18.4 Å². The van der Waals surface area contributed by atoms with E-state index in [-0.39, 0.29) is 18.2 Å². The van der Waals surface area contributed by atoms with Crippen LogP contribution in [0, 0.1) is 18.3 Å². The molecule has 3 aromatic heterocycles. The Bertz CT molecular complexity index is 1380. The Kier molecular flexibility index (Phi) is 6.01. The molecule has 0 amide bonds. The smallest absolute Gasteiger partial charge is 0.253 e. The molecule has 0 saturated heterocycles. The Balaban J connectivity index is 1.58. The number of ether oxygens (including phenoxy) is 1. The molecule has 0 aliphatic heterocycles. The van der Waals surface area contributed by atoms with Crippen LogP contribution in [0.4, 0.5) is 5.95 Å². The molecule has 0 aliphatic carbocycles. The fraction of sp³-hybridized carbons (Fsp3) is 0.174. The Morgan fingerprint density at radius 1 is 1.28 bits per heavy atom. The molecule has 3 heterocycles. The summed E-state index contributed by atoms with van der Waals surface area (Å²) >= 11 is 6.42. The zero-order valence-electron chi connectivity index (χ0n) is 17.4. The first kappa shape index (κ1) is 21.3. The molecule has 32 heavy (non-hydrogen) atoms. The second-order valence-corrected chi connectivity index (χ2v) is 7.61. The highest BCUT2D eigenvalue weighted by Gasteiger charge is 2.15. The van der Waals surface area contributed by atoms with Gasteiger partial charge in [0, 0.05) is 23.2 Å². The molecule has 0 unspecified atom stereocenters. The largest absolute Gasteiger partial charge is 0.486 e. The molecule has 4 aromatic rings. The number of hydrogen-bond donors (Lipinski definition) is 2. The highest BCUT2D eigenvalue weighted by molar-refractivity contribution is 6.32. The van der Waals surface area contributed by atoms with E-state index in [4.69, 9.17) is 21.6 Å². The molecule has 0 radical (unpaired) electrons. The Morgan fingerprint density at radius 2 is 2.12 bits per heavy atom. The van der Waals surface area contributed by atoms with Crippen molar-refractivity contribution in [2.75, 3.05) is 5.32 Å². The van der Waals surface area contributed by atoms with Gasteiger partial charge in [0.05, 0.1) is 39.7 Å². The second kappa shape index (κ2) is 9.04. The number of rotatable bonds is 6. The number of nitrogens with one attached hydrogen (secondary N) is 2. The zero-order chi connectivity index (χ0) is 22.7. The first-order valence-corrected chi connectivity index (χ1v) is 10.2. The van der Waals surface area contributed by atoms with Crippen molar-refractivity contribution in [3.05, 3.63) is 86.7 Å². The first-order valence-electron chi connectivity index (χ1n) is 9.84. The number of aromatic nitrogens is 4. The normalized spacial score (nSPS) is 11.7. The topological polar surface area (TPSA) is 117 Å². The summed E-state index contributed by atoms with van der Waals surface area (Å²) in [6, 6.07) is 12.5. The molecule has 1 atom stereocenters. The SMILES string of the molecule is Cc1nc(N[C@@H](C)c2cc3cc(Cl)c(OCc4ccccn4)cc3[nH]c2=O)ncc1C#N. The van der Waals surface area contributed by atoms with E-state index < -0.39 is 0 Å². The number of anilines is 1. The minimum absolute atomic E-state index is 0.249. The summed E-state index contributed by atoms with van der Waals surface area (Å²) in [5.41, 5.74) is 2.60. The molecular weight excluding hydrogens is 428 g/mol. The summed E-state index contributed by atoms with van der Waals surface area (Å²) in [6.07, 6.45) is 3.15. The number of hydrogen-bond acceptors (Lipinski definition) is 7. The maximum atomic E-state index is 12.7. The van der Waals surface area contributed by atoms with Crippen molar-refractivity contribution < 1.29 is 4.74 Å². The van der Waals surface area contributed by atoms with Gasteiger partial charge in [-0.15, -0.1) is 0 Å². The van der Waals surface area contributed by atoms with Crippen molar-refractivity contribution in [1.29, 1.82) is 5.26 Å². The van der Waals surface area contributed by atoms with Crippen LogP contribution in [0.1, 0.15) is 35.5 Å². The van der Waals surface area contributed by atoms with Crippen molar-refractivity contribution in [3.8, 4) is 11.8 Å². The van der Waals surface area contributed by atoms with Gasteiger partial charge < -0.3 is 15.0 Å². The van der Waals surface area contributed by atoms with E-state index in [1.54, 1.807) is 31.3 Å². The number of fused-ring (bicyclic) bond motifs is 1. The summed E-state index contributed by atoms with van der Waals surface area (Å²) in [6.45, 7) is 3.83. The van der Waals surface area contributed by atoms with Gasteiger partial charge in [0.2, 0.25) is 5.95 Å². The number of pyridine rings is 2. The second-order valence-electron chi connectivity index (χ2n) is 7.20. The molecule has 0 spiro atoms. The van der Waals surface area contributed by atoms with Crippen LogP contribution in [-0.4, -0.2) is 19.9 Å².